The number of amides is 10. The van der Waals surface area contributed by atoms with Crippen LogP contribution in [0.5, 0.6) is 0 Å². The van der Waals surface area contributed by atoms with E-state index in [-0.39, 0.29) is 104 Å². The van der Waals surface area contributed by atoms with Gasteiger partial charge in [0.1, 0.15) is 39.6 Å². The Morgan fingerprint density at radius 3 is 1.20 bits per heavy atom. The molecule has 5 N–H and O–H groups in total. The Kier molecular flexibility index (Phi) is 41.8. The summed E-state index contributed by atoms with van der Waals surface area (Å²) in [5.41, 5.74) is 3.00. The highest BCUT2D eigenvalue weighted by molar-refractivity contribution is 7.99. The molecule has 0 spiro atoms. The lowest BCUT2D eigenvalue weighted by Crippen LogP contribution is -2.45. The van der Waals surface area contributed by atoms with Gasteiger partial charge in [-0.1, -0.05) is 70.9 Å². The van der Waals surface area contributed by atoms with E-state index in [1.165, 1.54) is 21.1 Å². The van der Waals surface area contributed by atoms with E-state index in [1.54, 1.807) is 19.9 Å². The smallest absolute Gasteiger partial charge is 0.418 e. The van der Waals surface area contributed by atoms with Crippen LogP contribution < -0.4 is 21.3 Å². The van der Waals surface area contributed by atoms with Crippen molar-refractivity contribution < 1.29 is 91.1 Å². The zero-order chi connectivity index (χ0) is 67.9. The standard InChI is InChI=1S/C61H95N11O19S/c1-7-52(76)86-36-39-89-59(83)68(33-23-15-12-20-31-64-57(81)69(60(84)90-40-37-87-53(77)8-2)35-25-17-14-22-32-65-58(82)72-49(6)45-47(4)67-72)56(80)63-30-21-13-16-24-34-70(61(85)91-41-38-88-54(78)28-43-92-42-27-51(74)75)55(79)62-29-19-11-9-10-18-26-50(73)71-48(5)44-46(3)66-71/h7-8,44-45H,1-2,9-43H2,3-6H3,(H,62,79)(H,63,80)(H,64,81)(H,65,82)(H,74,75). The van der Waals surface area contributed by atoms with Crippen LogP contribution in [0.3, 0.4) is 0 Å². The summed E-state index contributed by atoms with van der Waals surface area (Å²) in [6.45, 7) is 13.1. The molecule has 31 heteroatoms. The first-order valence-corrected chi connectivity index (χ1v) is 32.4. The molecule has 0 unspecified atom stereocenters. The van der Waals surface area contributed by atoms with Crippen molar-refractivity contribution in [2.75, 3.05) is 97.0 Å². The molecular weight excluding hydrogens is 1220 g/mol. The second-order valence-electron chi connectivity index (χ2n) is 21.0. The highest BCUT2D eigenvalue weighted by Crippen LogP contribution is 2.13. The van der Waals surface area contributed by atoms with Gasteiger partial charge in [-0.2, -0.15) is 26.6 Å². The molecule has 0 aliphatic rings. The van der Waals surface area contributed by atoms with Gasteiger partial charge in [0.25, 0.3) is 0 Å². The molecule has 2 aromatic heterocycles. The molecule has 30 nitrogen and oxygen atoms in total. The molecule has 0 radical (unpaired) electrons. The summed E-state index contributed by atoms with van der Waals surface area (Å²) in [6, 6.07) is 1.19. The monoisotopic (exact) mass is 1320 g/mol. The molecule has 0 fully saturated rings. The first-order valence-electron chi connectivity index (χ1n) is 31.3. The number of aromatic nitrogens is 4. The second-order valence-corrected chi connectivity index (χ2v) is 22.3. The lowest BCUT2D eigenvalue weighted by atomic mass is 10.1. The molecule has 0 atom stereocenters. The summed E-state index contributed by atoms with van der Waals surface area (Å²) < 4.78 is 33.3. The van der Waals surface area contributed by atoms with Gasteiger partial charge in [-0.05, 0) is 91.2 Å². The largest absolute Gasteiger partial charge is 0.481 e. The summed E-state index contributed by atoms with van der Waals surface area (Å²) >= 11 is 1.29. The van der Waals surface area contributed by atoms with E-state index in [1.807, 2.05) is 19.9 Å². The summed E-state index contributed by atoms with van der Waals surface area (Å²) in [5.74, 6) is -2.29. The molecule has 0 bridgehead atoms. The number of carbonyl (C=O) groups is 12. The van der Waals surface area contributed by atoms with Crippen molar-refractivity contribution in [2.45, 2.75) is 156 Å². The average Bonchev–Trinajstić information content (AvgIpc) is 3.34. The lowest BCUT2D eigenvalue weighted by molar-refractivity contribution is -0.144. The molecule has 0 saturated heterocycles. The molecule has 2 aromatic rings. The van der Waals surface area contributed by atoms with Crippen molar-refractivity contribution in [3.05, 3.63) is 60.2 Å². The number of imide groups is 3. The normalized spacial score (nSPS) is 10.7. The predicted molar refractivity (Wildman–Crippen MR) is 338 cm³/mol. The number of nitrogens with one attached hydrogen (secondary N) is 4. The third kappa shape index (κ3) is 35.8. The Morgan fingerprint density at radius 2 is 0.804 bits per heavy atom. The number of unbranched alkanes of at least 4 members (excludes halogenated alkanes) is 13. The maximum atomic E-state index is 13.4. The van der Waals surface area contributed by atoms with Gasteiger partial charge in [0.2, 0.25) is 5.91 Å². The van der Waals surface area contributed by atoms with Crippen molar-refractivity contribution in [3.63, 3.8) is 0 Å². The topological polar surface area (TPSA) is 374 Å². The number of carboxylic acid groups (broad SMARTS) is 1. The first kappa shape index (κ1) is 79.6. The van der Waals surface area contributed by atoms with Gasteiger partial charge in [0.15, 0.2) is 0 Å². The third-order valence-corrected chi connectivity index (χ3v) is 14.4. The number of rotatable bonds is 46. The van der Waals surface area contributed by atoms with Crippen molar-refractivity contribution in [1.82, 2.24) is 55.5 Å². The number of carboxylic acids is 1. The Hall–Kier alpha value is -8.51. The number of thioether (sulfide) groups is 1. The number of ether oxygens (including phenoxy) is 6. The van der Waals surface area contributed by atoms with Crippen LogP contribution in [0.4, 0.5) is 33.6 Å². The highest BCUT2D eigenvalue weighted by Gasteiger charge is 2.26. The van der Waals surface area contributed by atoms with Crippen LogP contribution >= 0.6 is 11.8 Å². The molecule has 514 valence electrons. The van der Waals surface area contributed by atoms with Gasteiger partial charge in [-0.15, -0.1) is 0 Å². The number of aryl methyl sites for hydroxylation is 4. The van der Waals surface area contributed by atoms with E-state index in [0.717, 1.165) is 63.2 Å². The Labute approximate surface area is 541 Å². The van der Waals surface area contributed by atoms with Crippen LogP contribution in [0.2, 0.25) is 0 Å². The average molecular weight is 1320 g/mol. The fraction of sp³-hybridized carbons (Fsp3) is 0.639. The van der Waals surface area contributed by atoms with Crippen LogP contribution in [-0.4, -0.2) is 209 Å². The number of nitrogens with zero attached hydrogens (tertiary/aromatic N) is 7. The van der Waals surface area contributed by atoms with E-state index < -0.39 is 60.3 Å². The van der Waals surface area contributed by atoms with Gasteiger partial charge in [-0.3, -0.25) is 14.4 Å². The number of urea groups is 3. The van der Waals surface area contributed by atoms with Crippen LogP contribution in [0.15, 0.2) is 37.4 Å². The van der Waals surface area contributed by atoms with Crippen molar-refractivity contribution >= 4 is 84.0 Å². The summed E-state index contributed by atoms with van der Waals surface area (Å²) in [7, 11) is 0. The summed E-state index contributed by atoms with van der Waals surface area (Å²) in [4.78, 5) is 153. The molecule has 0 aliphatic carbocycles. The SMILES string of the molecule is C=CC(=O)OCCOC(=O)N(CCCCCCNC(=O)N(CCCCCCNC(=O)n1nc(C)cc1C)C(=O)OCCOC(=O)C=C)C(=O)NCCCCCCN(C(=O)NCCCCCCCC(=O)n1nc(C)cc1C)C(=O)OCCOC(=O)CCSCCC(=O)O. The molecule has 0 aromatic carbocycles. The number of carbonyl (C=O) groups excluding carboxylic acids is 11. The minimum Gasteiger partial charge on any atom is -0.481 e. The first-order chi connectivity index (χ1) is 44.2. The summed E-state index contributed by atoms with van der Waals surface area (Å²) in [5, 5.41) is 28.2. The minimum atomic E-state index is -0.981. The van der Waals surface area contributed by atoms with Gasteiger partial charge in [0, 0.05) is 87.3 Å². The third-order valence-electron chi connectivity index (χ3n) is 13.4. The Bertz CT molecular complexity index is 2680. The maximum absolute atomic E-state index is 13.4. The van der Waals surface area contributed by atoms with E-state index in [2.05, 4.69) is 44.6 Å². The van der Waals surface area contributed by atoms with Gasteiger partial charge < -0.3 is 54.8 Å². The fourth-order valence-corrected chi connectivity index (χ4v) is 9.47. The zero-order valence-electron chi connectivity index (χ0n) is 53.8. The number of aliphatic carboxylic acids is 1. The number of esters is 3. The van der Waals surface area contributed by atoms with Crippen LogP contribution in [0, 0.1) is 27.7 Å². The minimum absolute atomic E-state index is 0.0213. The molecule has 92 heavy (non-hydrogen) atoms. The fourth-order valence-electron chi connectivity index (χ4n) is 8.64. The molecule has 2 rings (SSSR count). The highest BCUT2D eigenvalue weighted by atomic mass is 32.2. The van der Waals surface area contributed by atoms with Crippen molar-refractivity contribution in [3.8, 4) is 0 Å². The van der Waals surface area contributed by atoms with E-state index in [4.69, 9.17) is 33.5 Å². The molecule has 0 aliphatic heterocycles. The molecular formula is C61H95N11O19S. The van der Waals surface area contributed by atoms with Crippen molar-refractivity contribution in [1.29, 1.82) is 0 Å². The van der Waals surface area contributed by atoms with Crippen LogP contribution in [-0.2, 0) is 47.6 Å². The molecule has 2 heterocycles. The predicted octanol–water partition coefficient (Wildman–Crippen LogP) is 8.28. The van der Waals surface area contributed by atoms with Crippen molar-refractivity contribution in [2.24, 2.45) is 0 Å². The van der Waals surface area contributed by atoms with Crippen LogP contribution in [0.1, 0.15) is 156 Å². The van der Waals surface area contributed by atoms with Gasteiger partial charge in [-0.25, -0.2) is 62.5 Å². The lowest BCUT2D eigenvalue weighted by Gasteiger charge is -2.22. The number of hydrogen-bond acceptors (Lipinski definition) is 21. The number of hydrogen-bond donors (Lipinski definition) is 5. The van der Waals surface area contributed by atoms with Gasteiger partial charge in [0.05, 0.1) is 24.2 Å². The maximum Gasteiger partial charge on any atom is 0.418 e. The van der Waals surface area contributed by atoms with E-state index in [9.17, 15) is 57.5 Å². The summed E-state index contributed by atoms with van der Waals surface area (Å²) in [6.07, 6.45) is 9.21. The second kappa shape index (κ2) is 48.3. The van der Waals surface area contributed by atoms with E-state index >= 15 is 0 Å². The van der Waals surface area contributed by atoms with Crippen LogP contribution in [0.25, 0.3) is 0 Å². The molecule has 0 saturated carbocycles. The quantitative estimate of drug-likeness (QED) is 0.0180. The Morgan fingerprint density at radius 1 is 0.457 bits per heavy atom. The van der Waals surface area contributed by atoms with Gasteiger partial charge >= 0.3 is 66.3 Å². The molecule has 10 amide bonds. The Balaban J connectivity index is 1.89. The van der Waals surface area contributed by atoms with E-state index in [0.29, 0.717) is 120 Å². The zero-order valence-corrected chi connectivity index (χ0v) is 54.6.